The third-order valence-electron chi connectivity index (χ3n) is 3.80. The minimum atomic E-state index is -0.241. The van der Waals surface area contributed by atoms with E-state index in [1.807, 2.05) is 61.5 Å². The van der Waals surface area contributed by atoms with Crippen LogP contribution >= 0.6 is 0 Å². The number of nitriles is 1. The molecule has 2 aromatic carbocycles. The van der Waals surface area contributed by atoms with Crippen molar-refractivity contribution < 1.29 is 4.79 Å². The number of Topliss-reactive ketones (excluding diaryl/α,β-unsaturated/α-hetero) is 1. The Morgan fingerprint density at radius 1 is 1.13 bits per heavy atom. The van der Waals surface area contributed by atoms with Crippen LogP contribution in [-0.4, -0.2) is 12.3 Å². The van der Waals surface area contributed by atoms with Crippen molar-refractivity contribution >= 4 is 5.78 Å². The first kappa shape index (κ1) is 16.9. The van der Waals surface area contributed by atoms with Gasteiger partial charge in [0.1, 0.15) is 0 Å². The minimum absolute atomic E-state index is 0.235. The van der Waals surface area contributed by atoms with Crippen LogP contribution in [0.1, 0.15) is 42.5 Å². The summed E-state index contributed by atoms with van der Waals surface area (Å²) in [5, 5.41) is 12.2. The summed E-state index contributed by atoms with van der Waals surface area (Å²) in [4.78, 5) is 12.4. The van der Waals surface area contributed by atoms with Gasteiger partial charge >= 0.3 is 0 Å². The van der Waals surface area contributed by atoms with Gasteiger partial charge in [-0.1, -0.05) is 49.4 Å². The second kappa shape index (κ2) is 8.87. The molecule has 0 heterocycles. The second-order valence-electron chi connectivity index (χ2n) is 5.57. The van der Waals surface area contributed by atoms with E-state index in [1.165, 1.54) is 0 Å². The molecular formula is C20H22N2O. The van der Waals surface area contributed by atoms with E-state index in [1.54, 1.807) is 0 Å². The van der Waals surface area contributed by atoms with Crippen molar-refractivity contribution in [2.24, 2.45) is 0 Å². The van der Waals surface area contributed by atoms with E-state index >= 15 is 0 Å². The van der Waals surface area contributed by atoms with E-state index in [0.717, 1.165) is 30.5 Å². The van der Waals surface area contributed by atoms with Crippen molar-refractivity contribution in [3.05, 3.63) is 71.3 Å². The third-order valence-corrected chi connectivity index (χ3v) is 3.80. The molecular weight excluding hydrogens is 284 g/mol. The van der Waals surface area contributed by atoms with Crippen molar-refractivity contribution in [3.8, 4) is 6.07 Å². The summed E-state index contributed by atoms with van der Waals surface area (Å²) in [5.74, 6) is 0.235. The second-order valence-corrected chi connectivity index (χ2v) is 5.57. The molecule has 0 fully saturated rings. The number of nitrogens with zero attached hydrogens (tertiary/aromatic N) is 1. The summed E-state index contributed by atoms with van der Waals surface area (Å²) in [6.45, 7) is 2.75. The lowest BCUT2D eigenvalue weighted by atomic mass is 9.99. The summed E-state index contributed by atoms with van der Waals surface area (Å²) in [5.41, 5.74) is 2.85. The van der Waals surface area contributed by atoms with E-state index in [4.69, 9.17) is 5.26 Å². The Bertz CT molecular complexity index is 656. The van der Waals surface area contributed by atoms with Crippen LogP contribution in [0, 0.1) is 11.3 Å². The number of carbonyl (C=O) groups excluding carboxylic acids is 1. The number of ketones is 1. The lowest BCUT2D eigenvalue weighted by molar-refractivity contribution is -0.121. The first-order valence-electron chi connectivity index (χ1n) is 8.04. The van der Waals surface area contributed by atoms with Gasteiger partial charge < -0.3 is 5.32 Å². The largest absolute Gasteiger partial charge is 0.303 e. The molecule has 1 unspecified atom stereocenters. The molecule has 0 amide bonds. The summed E-state index contributed by atoms with van der Waals surface area (Å²) in [7, 11) is 0. The number of benzene rings is 2. The Hall–Kier alpha value is -2.44. The predicted octanol–water partition coefficient (Wildman–Crippen LogP) is 3.80. The van der Waals surface area contributed by atoms with E-state index in [9.17, 15) is 4.79 Å². The zero-order chi connectivity index (χ0) is 16.5. The lowest BCUT2D eigenvalue weighted by Gasteiger charge is -2.18. The fourth-order valence-electron chi connectivity index (χ4n) is 2.56. The average Bonchev–Trinajstić information content (AvgIpc) is 2.60. The van der Waals surface area contributed by atoms with E-state index in [0.29, 0.717) is 12.0 Å². The molecule has 0 saturated carbocycles. The van der Waals surface area contributed by atoms with Crippen LogP contribution in [0.5, 0.6) is 0 Å². The Morgan fingerprint density at radius 3 is 2.43 bits per heavy atom. The lowest BCUT2D eigenvalue weighted by Crippen LogP contribution is -2.30. The topological polar surface area (TPSA) is 52.9 Å². The quantitative estimate of drug-likeness (QED) is 0.807. The molecule has 1 N–H and O–H groups in total. The van der Waals surface area contributed by atoms with E-state index < -0.39 is 0 Å². The van der Waals surface area contributed by atoms with Gasteiger partial charge in [0.25, 0.3) is 0 Å². The molecule has 0 aliphatic carbocycles. The number of hydrogen-bond donors (Lipinski definition) is 1. The van der Waals surface area contributed by atoms with Gasteiger partial charge in [-0.2, -0.15) is 5.26 Å². The zero-order valence-corrected chi connectivity index (χ0v) is 13.5. The maximum Gasteiger partial charge on any atom is 0.154 e. The van der Waals surface area contributed by atoms with Crippen molar-refractivity contribution in [2.45, 2.75) is 32.2 Å². The highest BCUT2D eigenvalue weighted by Crippen LogP contribution is 2.16. The zero-order valence-electron chi connectivity index (χ0n) is 13.5. The van der Waals surface area contributed by atoms with Crippen LogP contribution in [0.25, 0.3) is 0 Å². The molecule has 0 spiro atoms. The summed E-state index contributed by atoms with van der Waals surface area (Å²) >= 11 is 0. The average molecular weight is 306 g/mol. The first-order chi connectivity index (χ1) is 11.2. The molecule has 2 aromatic rings. The van der Waals surface area contributed by atoms with Crippen LogP contribution in [0.2, 0.25) is 0 Å². The van der Waals surface area contributed by atoms with Gasteiger partial charge in [-0.25, -0.2) is 0 Å². The molecule has 0 aliphatic rings. The van der Waals surface area contributed by atoms with Crippen LogP contribution < -0.4 is 5.32 Å². The molecule has 2 rings (SSSR count). The molecule has 118 valence electrons. The third kappa shape index (κ3) is 5.05. The van der Waals surface area contributed by atoms with Crippen molar-refractivity contribution in [2.75, 3.05) is 6.54 Å². The predicted molar refractivity (Wildman–Crippen MR) is 92.0 cm³/mol. The number of nitrogens with one attached hydrogen (secondary N) is 1. The van der Waals surface area contributed by atoms with Crippen LogP contribution in [-0.2, 0) is 11.2 Å². The molecule has 0 bridgehead atoms. The van der Waals surface area contributed by atoms with Gasteiger partial charge in [0, 0.05) is 13.0 Å². The Morgan fingerprint density at radius 2 is 1.83 bits per heavy atom. The van der Waals surface area contributed by atoms with E-state index in [2.05, 4.69) is 11.4 Å². The smallest absolute Gasteiger partial charge is 0.154 e. The van der Waals surface area contributed by atoms with Crippen LogP contribution in [0.15, 0.2) is 54.6 Å². The van der Waals surface area contributed by atoms with Crippen molar-refractivity contribution in [3.63, 3.8) is 0 Å². The van der Waals surface area contributed by atoms with Crippen LogP contribution in [0.3, 0.4) is 0 Å². The standard InChI is InChI=1S/C20H22N2O/c1-2-6-19(23)20(18-7-4-3-5-8-18)22-14-13-16-9-11-17(15-21)12-10-16/h3-5,7-12,20,22H,2,6,13-14H2,1H3. The molecule has 0 radical (unpaired) electrons. The Kier molecular flexibility index (Phi) is 6.53. The maximum absolute atomic E-state index is 12.4. The minimum Gasteiger partial charge on any atom is -0.303 e. The highest BCUT2D eigenvalue weighted by atomic mass is 16.1. The Balaban J connectivity index is 1.98. The molecule has 0 aromatic heterocycles. The molecule has 3 nitrogen and oxygen atoms in total. The summed E-state index contributed by atoms with van der Waals surface area (Å²) in [6.07, 6.45) is 2.28. The SMILES string of the molecule is CCCC(=O)C(NCCc1ccc(C#N)cc1)c1ccccc1. The molecule has 0 aliphatic heterocycles. The number of carbonyl (C=O) groups is 1. The maximum atomic E-state index is 12.4. The Labute approximate surface area is 138 Å². The molecule has 23 heavy (non-hydrogen) atoms. The van der Waals surface area contributed by atoms with E-state index in [-0.39, 0.29) is 11.8 Å². The van der Waals surface area contributed by atoms with Gasteiger partial charge in [-0.15, -0.1) is 0 Å². The molecule has 1 atom stereocenters. The van der Waals surface area contributed by atoms with Crippen LogP contribution in [0.4, 0.5) is 0 Å². The highest BCUT2D eigenvalue weighted by Gasteiger charge is 2.18. The number of hydrogen-bond acceptors (Lipinski definition) is 3. The number of rotatable bonds is 8. The van der Waals surface area contributed by atoms with Crippen molar-refractivity contribution in [1.29, 1.82) is 5.26 Å². The monoisotopic (exact) mass is 306 g/mol. The molecule has 3 heteroatoms. The van der Waals surface area contributed by atoms with Gasteiger partial charge in [0.05, 0.1) is 17.7 Å². The van der Waals surface area contributed by atoms with Gasteiger partial charge in [-0.3, -0.25) is 4.79 Å². The van der Waals surface area contributed by atoms with Crippen molar-refractivity contribution in [1.82, 2.24) is 5.32 Å². The normalized spacial score (nSPS) is 11.7. The molecule has 0 saturated heterocycles. The van der Waals surface area contributed by atoms with Gasteiger partial charge in [-0.05, 0) is 36.1 Å². The fourth-order valence-corrected chi connectivity index (χ4v) is 2.56. The highest BCUT2D eigenvalue weighted by molar-refractivity contribution is 5.85. The first-order valence-corrected chi connectivity index (χ1v) is 8.04. The summed E-state index contributed by atoms with van der Waals surface area (Å²) in [6, 6.07) is 19.3. The fraction of sp³-hybridized carbons (Fsp3) is 0.300. The van der Waals surface area contributed by atoms with Gasteiger partial charge in [0.15, 0.2) is 5.78 Å². The summed E-state index contributed by atoms with van der Waals surface area (Å²) < 4.78 is 0. The van der Waals surface area contributed by atoms with Gasteiger partial charge in [0.2, 0.25) is 0 Å².